The summed E-state index contributed by atoms with van der Waals surface area (Å²) in [5.41, 5.74) is 18.3. The number of carbonyl (C=O) groups is 6. The van der Waals surface area contributed by atoms with Gasteiger partial charge in [-0.3, -0.25) is 83.4 Å². The third kappa shape index (κ3) is 30.6. The van der Waals surface area contributed by atoms with E-state index in [0.29, 0.717) is 90.1 Å². The highest BCUT2D eigenvalue weighted by atomic mass is 35.5. The van der Waals surface area contributed by atoms with Gasteiger partial charge < -0.3 is 63.2 Å². The van der Waals surface area contributed by atoms with Crippen molar-refractivity contribution in [3.05, 3.63) is 418 Å². The molecule has 0 saturated carbocycles. The van der Waals surface area contributed by atoms with E-state index >= 15 is 0 Å². The SMILES string of the molecule is CC(C)(O)C(NC(=O)c1cc(-c2ccncc2)n[nH]1)c1cccc(F)c1.Cn1nc(-c2ccncc2)cc1C(=O)NC(CO)c1cccc(F)c1.Cn1nc(C(=O)NC(CO)c2cccc(F)c2)cc1-c1ccncc1.Nc1nccc(-c2cc(C(=O)N[C@H](CO)c3cccc(F)c3)[nH]n2)n1.O=C(NC(CO)c1ccc(Cl)cc1)c1cc(-c2ccncc2)n[nH]1.O=C(NCCc1cccc(Cl)c1)c1cc(-c2ccncc2)n[nH]1. The Hall–Kier alpha value is -17.9. The maximum Gasteiger partial charge on any atom is 0.272 e. The Kier molecular flexibility index (Phi) is 38.0. The minimum atomic E-state index is -1.29. The standard InChI is InChI=1S/C19H19FN4O2.2C18H17FN4O2.C17H15ClN4O2.C17H15ClN4O.C16H15FN6O2/c1-19(2,26)17(13-4-3-5-14(20)10-13)22-18(25)16-11-15(23-24-16)12-6-8-21-9-7-12;1-23-17(12-5-7-20-8-6-12)10-15(22-23)18(25)21-16(11-24)13-3-2-4-14(19)9-13;1-23-17(10-15(22-23)12-5-7-20-8-6-12)18(25)21-16(11-24)13-3-2-4-14(19)9-13;18-13-3-1-11(2-4-13)16(10-23)20-17(24)15-9-14(21-22-15)12-5-7-19-8-6-12;18-14-3-1-2-12(10-14)4-9-20-17(23)16-11-15(21-22-16)13-5-7-19-8-6-13;17-10-3-1-2-9(6-10)14(8-24)20-15(25)13-7-12(22-23-13)11-4-5-19-16(18)21-11/h3-11,17,26H,1-2H3,(H,22,25)(H,23,24);2*2-10,16,24H,11H2,1H3,(H,21,25);1-9,16,23H,10H2,(H,20,24)(H,21,22);1-3,5-8,10-11H,4,9H2,(H,20,23)(H,21,22);1-7,14,24H,8H2,(H,20,25)(H,22,23)(H2,18,19,21)/t;;;;;14-/m.....1/s1. The number of halogens is 6. The van der Waals surface area contributed by atoms with Crippen molar-refractivity contribution >= 4 is 64.6 Å². The Labute approximate surface area is 853 Å². The molecule has 0 spiro atoms. The molecule has 0 radical (unpaired) electrons. The monoisotopic (exact) mass is 2040 g/mol. The molecule has 0 aliphatic rings. The van der Waals surface area contributed by atoms with Crippen molar-refractivity contribution in [2.45, 2.75) is 56.1 Å². The summed E-state index contributed by atoms with van der Waals surface area (Å²) >= 11 is 11.8. The van der Waals surface area contributed by atoms with Crippen molar-refractivity contribution in [1.82, 2.24) is 127 Å². The van der Waals surface area contributed by atoms with Crippen LogP contribution in [0, 0.1) is 23.3 Å². The quantitative estimate of drug-likeness (QED) is 0.0186. The summed E-state index contributed by atoms with van der Waals surface area (Å²) in [5.74, 6) is -3.97. The smallest absolute Gasteiger partial charge is 0.272 e. The molecule has 6 aromatic carbocycles. The predicted octanol–water partition coefficient (Wildman–Crippen LogP) is 13.8. The van der Waals surface area contributed by atoms with Crippen LogP contribution in [0.4, 0.5) is 23.5 Å². The molecular formula is C105H98Cl2F4N26O11. The fourth-order valence-corrected chi connectivity index (χ4v) is 14.9. The van der Waals surface area contributed by atoms with Crippen LogP contribution >= 0.6 is 23.2 Å². The number of aromatic amines is 4. The van der Waals surface area contributed by atoms with Crippen LogP contribution in [0.25, 0.3) is 67.7 Å². The molecule has 0 aliphatic heterocycles. The highest BCUT2D eigenvalue weighted by Gasteiger charge is 2.32. The van der Waals surface area contributed by atoms with E-state index in [0.717, 1.165) is 51.1 Å². The number of aryl methyl sites for hydroxylation is 2. The Morgan fingerprint density at radius 3 is 1.18 bits per heavy atom. The van der Waals surface area contributed by atoms with Crippen LogP contribution in [0.1, 0.15) is 140 Å². The maximum absolute atomic E-state index is 13.6. The average molecular weight is 2050 g/mol. The lowest BCUT2D eigenvalue weighted by Gasteiger charge is -2.30. The number of carbonyl (C=O) groups excluding carboxylic acids is 6. The summed E-state index contributed by atoms with van der Waals surface area (Å²) in [6, 6.07) is 63.6. The molecule has 0 bridgehead atoms. The molecule has 0 fully saturated rings. The van der Waals surface area contributed by atoms with Gasteiger partial charge in [-0.1, -0.05) is 96.0 Å². The Bertz CT molecular complexity index is 7440. The number of rotatable bonds is 30. The first-order valence-corrected chi connectivity index (χ1v) is 46.1. The second-order valence-electron chi connectivity index (χ2n) is 33.0. The van der Waals surface area contributed by atoms with Crippen LogP contribution in [0.3, 0.4) is 0 Å². The van der Waals surface area contributed by atoms with Crippen LogP contribution in [-0.4, -0.2) is 195 Å². The molecule has 18 aromatic rings. The Morgan fingerprint density at radius 1 is 0.372 bits per heavy atom. The predicted molar refractivity (Wildman–Crippen MR) is 543 cm³/mol. The second kappa shape index (κ2) is 52.4. The second-order valence-corrected chi connectivity index (χ2v) is 33.9. The van der Waals surface area contributed by atoms with Crippen LogP contribution in [0.5, 0.6) is 0 Å². The molecule has 5 atom stereocenters. The summed E-state index contributed by atoms with van der Waals surface area (Å²) in [5, 5.41) is 102. The number of hydrogen-bond donors (Lipinski definition) is 16. The van der Waals surface area contributed by atoms with Crippen molar-refractivity contribution in [3.8, 4) is 67.7 Å². The van der Waals surface area contributed by atoms with E-state index in [1.165, 1.54) is 89.7 Å². The molecule has 4 unspecified atom stereocenters. The number of nitrogen functional groups attached to an aromatic ring is 1. The van der Waals surface area contributed by atoms with Gasteiger partial charge >= 0.3 is 0 Å². The van der Waals surface area contributed by atoms with Crippen molar-refractivity contribution in [3.63, 3.8) is 0 Å². The van der Waals surface area contributed by atoms with Crippen LogP contribution in [0.15, 0.2) is 317 Å². The van der Waals surface area contributed by atoms with Gasteiger partial charge in [-0.05, 0) is 230 Å². The third-order valence-electron chi connectivity index (χ3n) is 22.1. The lowest BCUT2D eigenvalue weighted by Crippen LogP contribution is -2.42. The largest absolute Gasteiger partial charge is 0.394 e. The highest BCUT2D eigenvalue weighted by molar-refractivity contribution is 6.31. The summed E-state index contributed by atoms with van der Waals surface area (Å²) in [7, 11) is 3.40. The van der Waals surface area contributed by atoms with Gasteiger partial charge in [0, 0.05) is 127 Å². The minimum Gasteiger partial charge on any atom is -0.394 e. The number of nitrogens with one attached hydrogen (secondary N) is 10. The summed E-state index contributed by atoms with van der Waals surface area (Å²) in [6.07, 6.45) is 18.8. The van der Waals surface area contributed by atoms with Crippen molar-refractivity contribution in [2.75, 3.05) is 38.7 Å². The van der Waals surface area contributed by atoms with E-state index < -0.39 is 82.7 Å². The molecule has 17 N–H and O–H groups in total. The molecule has 6 amide bonds. The van der Waals surface area contributed by atoms with E-state index in [1.54, 1.807) is 204 Å². The van der Waals surface area contributed by atoms with Gasteiger partial charge in [-0.15, -0.1) is 0 Å². The molecular weight excluding hydrogens is 1950 g/mol. The first-order valence-electron chi connectivity index (χ1n) is 45.4. The molecule has 756 valence electrons. The zero-order valence-corrected chi connectivity index (χ0v) is 80.9. The normalized spacial score (nSPS) is 11.8. The Balaban J connectivity index is 0.000000148. The van der Waals surface area contributed by atoms with Crippen LogP contribution in [0.2, 0.25) is 10.0 Å². The van der Waals surface area contributed by atoms with Crippen molar-refractivity contribution in [2.24, 2.45) is 14.1 Å². The fraction of sp³-hybridized carbons (Fsp3) is 0.152. The fourth-order valence-electron chi connectivity index (χ4n) is 14.5. The zero-order chi connectivity index (χ0) is 105. The molecule has 0 aliphatic carbocycles. The lowest BCUT2D eigenvalue weighted by atomic mass is 9.91. The summed E-state index contributed by atoms with van der Waals surface area (Å²) < 4.78 is 56.6. The number of pyridine rings is 5. The van der Waals surface area contributed by atoms with Gasteiger partial charge in [0.1, 0.15) is 57.4 Å². The van der Waals surface area contributed by atoms with E-state index in [4.69, 9.17) is 28.9 Å². The van der Waals surface area contributed by atoms with Gasteiger partial charge in [-0.2, -0.15) is 30.6 Å². The lowest BCUT2D eigenvalue weighted by molar-refractivity contribution is 0.0341. The highest BCUT2D eigenvalue weighted by Crippen LogP contribution is 2.31. The number of anilines is 1. The van der Waals surface area contributed by atoms with E-state index in [2.05, 4.69) is 118 Å². The van der Waals surface area contributed by atoms with Gasteiger partial charge in [0.15, 0.2) is 5.69 Å². The number of aliphatic hydroxyl groups excluding tert-OH is 4. The topological polar surface area (TPSA) is 542 Å². The number of nitrogens with zero attached hydrogens (tertiary/aromatic N) is 15. The number of aromatic nitrogens is 19. The first-order chi connectivity index (χ1) is 71.5. The molecule has 12 heterocycles. The van der Waals surface area contributed by atoms with Gasteiger partial charge in [0.05, 0.1) is 96.4 Å². The van der Waals surface area contributed by atoms with Gasteiger partial charge in [0.25, 0.3) is 35.4 Å². The minimum absolute atomic E-state index is 0.0953. The van der Waals surface area contributed by atoms with Crippen molar-refractivity contribution < 1.29 is 71.9 Å². The van der Waals surface area contributed by atoms with Crippen LogP contribution in [-0.2, 0) is 20.5 Å². The number of amides is 6. The number of benzene rings is 6. The molecule has 18 rings (SSSR count). The molecule has 0 saturated heterocycles. The Morgan fingerprint density at radius 2 is 0.750 bits per heavy atom. The maximum atomic E-state index is 13.6. The third-order valence-corrected chi connectivity index (χ3v) is 22.5. The van der Waals surface area contributed by atoms with E-state index in [9.17, 15) is 71.9 Å². The summed E-state index contributed by atoms with van der Waals surface area (Å²) in [6.45, 7) is 2.35. The average Bonchev–Trinajstić information content (AvgIpc) is 1.79. The molecule has 148 heavy (non-hydrogen) atoms. The van der Waals surface area contributed by atoms with Gasteiger partial charge in [0.2, 0.25) is 5.95 Å². The van der Waals surface area contributed by atoms with E-state index in [-0.39, 0.29) is 61.3 Å². The molecule has 37 nitrogen and oxygen atoms in total. The summed E-state index contributed by atoms with van der Waals surface area (Å²) in [4.78, 5) is 102. The first kappa shape index (κ1) is 107. The number of hydrogen-bond acceptors (Lipinski definition) is 25. The van der Waals surface area contributed by atoms with Gasteiger partial charge in [-0.25, -0.2) is 27.5 Å². The van der Waals surface area contributed by atoms with Crippen molar-refractivity contribution in [1.29, 1.82) is 0 Å². The number of H-pyrrole nitrogens is 4. The number of nitrogens with two attached hydrogens (primary N) is 1. The molecule has 12 aromatic heterocycles. The zero-order valence-electron chi connectivity index (χ0n) is 79.4. The molecule has 43 heteroatoms. The van der Waals surface area contributed by atoms with E-state index in [1.807, 2.05) is 60.7 Å². The number of aliphatic hydroxyl groups is 5. The van der Waals surface area contributed by atoms with Crippen LogP contribution < -0.4 is 37.6 Å².